The largest absolute Gasteiger partial charge is 0.484 e. The minimum absolute atomic E-state index is 0.00662. The molecule has 0 unspecified atom stereocenters. The van der Waals surface area contributed by atoms with Crippen molar-refractivity contribution in [3.05, 3.63) is 29.3 Å². The summed E-state index contributed by atoms with van der Waals surface area (Å²) in [5, 5.41) is 3.65. The number of hydrogen-bond donors (Lipinski definition) is 1. The summed E-state index contributed by atoms with van der Waals surface area (Å²) in [5.74, 6) is 2.71. The average molecular weight is 371 g/mol. The standard InChI is InChI=1S/C17H23ClN2O3S/c18-14-2-1-3-15(10-14)23-11-16(21)19-12-17(4-9-24-13-17)20-5-7-22-8-6-20/h1-3,10H,4-9,11-13H2,(H,19,21)/t17-/m1/s1. The van der Waals surface area contributed by atoms with Crippen molar-refractivity contribution < 1.29 is 14.3 Å². The molecule has 0 aliphatic carbocycles. The molecule has 5 nitrogen and oxygen atoms in total. The van der Waals surface area contributed by atoms with Gasteiger partial charge in [-0.3, -0.25) is 9.69 Å². The summed E-state index contributed by atoms with van der Waals surface area (Å²) in [6.45, 7) is 4.10. The Bertz CT molecular complexity index is 561. The average Bonchev–Trinajstić information content (AvgIpc) is 3.09. The molecule has 24 heavy (non-hydrogen) atoms. The quantitative estimate of drug-likeness (QED) is 0.830. The van der Waals surface area contributed by atoms with Gasteiger partial charge in [0.25, 0.3) is 5.91 Å². The molecule has 2 fully saturated rings. The van der Waals surface area contributed by atoms with E-state index in [4.69, 9.17) is 21.1 Å². The summed E-state index contributed by atoms with van der Waals surface area (Å²) < 4.78 is 11.0. The van der Waals surface area contributed by atoms with Crippen molar-refractivity contribution >= 4 is 29.3 Å². The molecule has 0 saturated carbocycles. The normalized spacial score (nSPS) is 24.7. The smallest absolute Gasteiger partial charge is 0.258 e. The summed E-state index contributed by atoms with van der Waals surface area (Å²) in [6, 6.07) is 7.08. The lowest BCUT2D eigenvalue weighted by Gasteiger charge is -2.43. The van der Waals surface area contributed by atoms with Crippen LogP contribution in [0.3, 0.4) is 0 Å². The lowest BCUT2D eigenvalue weighted by atomic mass is 9.95. The van der Waals surface area contributed by atoms with Crippen LogP contribution < -0.4 is 10.1 Å². The maximum Gasteiger partial charge on any atom is 0.258 e. The summed E-state index contributed by atoms with van der Waals surface area (Å²) in [7, 11) is 0. The first-order valence-corrected chi connectivity index (χ1v) is 9.77. The number of hydrogen-bond acceptors (Lipinski definition) is 5. The molecular weight excluding hydrogens is 348 g/mol. The van der Waals surface area contributed by atoms with Gasteiger partial charge in [-0.1, -0.05) is 17.7 Å². The zero-order chi connectivity index (χ0) is 16.8. The van der Waals surface area contributed by atoms with Gasteiger partial charge in [-0.25, -0.2) is 0 Å². The van der Waals surface area contributed by atoms with Crippen molar-refractivity contribution in [3.8, 4) is 5.75 Å². The van der Waals surface area contributed by atoms with Gasteiger partial charge < -0.3 is 14.8 Å². The van der Waals surface area contributed by atoms with Crippen LogP contribution in [-0.2, 0) is 9.53 Å². The number of morpholine rings is 1. The van der Waals surface area contributed by atoms with E-state index in [-0.39, 0.29) is 18.1 Å². The molecule has 3 rings (SSSR count). The first-order valence-electron chi connectivity index (χ1n) is 8.24. The van der Waals surface area contributed by atoms with E-state index in [2.05, 4.69) is 10.2 Å². The van der Waals surface area contributed by atoms with Crippen molar-refractivity contribution in [3.63, 3.8) is 0 Å². The van der Waals surface area contributed by atoms with Crippen molar-refractivity contribution in [2.45, 2.75) is 12.0 Å². The highest BCUT2D eigenvalue weighted by molar-refractivity contribution is 7.99. The van der Waals surface area contributed by atoms with Crippen molar-refractivity contribution in [2.75, 3.05) is 51.0 Å². The van der Waals surface area contributed by atoms with E-state index in [9.17, 15) is 4.79 Å². The number of nitrogens with one attached hydrogen (secondary N) is 1. The number of ether oxygens (including phenoxy) is 2. The molecule has 2 saturated heterocycles. The van der Waals surface area contributed by atoms with Gasteiger partial charge in [0.15, 0.2) is 6.61 Å². The van der Waals surface area contributed by atoms with Gasteiger partial charge in [-0.05, 0) is 30.4 Å². The van der Waals surface area contributed by atoms with Crippen LogP contribution >= 0.6 is 23.4 Å². The number of benzene rings is 1. The van der Waals surface area contributed by atoms with Crippen LogP contribution in [0.4, 0.5) is 0 Å². The third-order valence-electron chi connectivity index (χ3n) is 4.55. The number of amides is 1. The first kappa shape index (κ1) is 17.9. The lowest BCUT2D eigenvalue weighted by Crippen LogP contribution is -2.59. The highest BCUT2D eigenvalue weighted by Crippen LogP contribution is 2.33. The molecule has 7 heteroatoms. The fraction of sp³-hybridized carbons (Fsp3) is 0.588. The van der Waals surface area contributed by atoms with Crippen molar-refractivity contribution in [2.24, 2.45) is 0 Å². The number of carbonyl (C=O) groups excluding carboxylic acids is 1. The van der Waals surface area contributed by atoms with Crippen molar-refractivity contribution in [1.82, 2.24) is 10.2 Å². The maximum absolute atomic E-state index is 12.2. The highest BCUT2D eigenvalue weighted by Gasteiger charge is 2.40. The molecule has 0 bridgehead atoms. The van der Waals surface area contributed by atoms with E-state index < -0.39 is 0 Å². The van der Waals surface area contributed by atoms with E-state index in [1.54, 1.807) is 24.3 Å². The summed E-state index contributed by atoms with van der Waals surface area (Å²) >= 11 is 7.87. The molecular formula is C17H23ClN2O3S. The Balaban J connectivity index is 1.50. The third kappa shape index (κ3) is 4.57. The number of nitrogens with zero attached hydrogens (tertiary/aromatic N) is 1. The maximum atomic E-state index is 12.2. The van der Waals surface area contributed by atoms with Crippen LogP contribution in [0.15, 0.2) is 24.3 Å². The van der Waals surface area contributed by atoms with Gasteiger partial charge in [0, 0.05) is 35.9 Å². The molecule has 132 valence electrons. The topological polar surface area (TPSA) is 50.8 Å². The Morgan fingerprint density at radius 3 is 2.96 bits per heavy atom. The minimum Gasteiger partial charge on any atom is -0.484 e. The van der Waals surface area contributed by atoms with Gasteiger partial charge in [0.2, 0.25) is 0 Å². The van der Waals surface area contributed by atoms with Gasteiger partial charge >= 0.3 is 0 Å². The van der Waals surface area contributed by atoms with E-state index in [1.165, 1.54) is 0 Å². The number of thioether (sulfide) groups is 1. The predicted molar refractivity (Wildman–Crippen MR) is 97.0 cm³/mol. The molecule has 0 aromatic heterocycles. The van der Waals surface area contributed by atoms with Gasteiger partial charge in [0.1, 0.15) is 5.75 Å². The molecule has 1 atom stereocenters. The Hall–Kier alpha value is -0.950. The van der Waals surface area contributed by atoms with Gasteiger partial charge in [0.05, 0.1) is 13.2 Å². The van der Waals surface area contributed by atoms with Gasteiger partial charge in [-0.15, -0.1) is 0 Å². The molecule has 0 radical (unpaired) electrons. The molecule has 2 aliphatic rings. The molecule has 1 amide bonds. The number of halogens is 1. The molecule has 1 N–H and O–H groups in total. The molecule has 1 aromatic rings. The summed E-state index contributed by atoms with van der Waals surface area (Å²) in [6.07, 6.45) is 1.10. The van der Waals surface area contributed by atoms with Crippen molar-refractivity contribution in [1.29, 1.82) is 0 Å². The Morgan fingerprint density at radius 2 is 2.25 bits per heavy atom. The van der Waals surface area contributed by atoms with Crippen LogP contribution in [0.2, 0.25) is 5.02 Å². The molecule has 1 aromatic carbocycles. The molecule has 2 aliphatic heterocycles. The van der Waals surface area contributed by atoms with Crippen LogP contribution in [0.5, 0.6) is 5.75 Å². The second-order valence-electron chi connectivity index (χ2n) is 6.15. The second kappa shape index (κ2) is 8.43. The third-order valence-corrected chi connectivity index (χ3v) is 6.01. The summed E-state index contributed by atoms with van der Waals surface area (Å²) in [4.78, 5) is 14.6. The lowest BCUT2D eigenvalue weighted by molar-refractivity contribution is -0.123. The van der Waals surface area contributed by atoms with Gasteiger partial charge in [-0.2, -0.15) is 11.8 Å². The minimum atomic E-state index is -0.0977. The van der Waals surface area contributed by atoms with Crippen LogP contribution in [0.1, 0.15) is 6.42 Å². The van der Waals surface area contributed by atoms with E-state index in [0.717, 1.165) is 44.2 Å². The Labute approximate surface area is 152 Å². The van der Waals surface area contributed by atoms with Crippen LogP contribution in [0, 0.1) is 0 Å². The SMILES string of the molecule is O=C(COc1cccc(Cl)c1)NC[C@]1(N2CCOCC2)CCSC1. The monoisotopic (exact) mass is 370 g/mol. The molecule has 0 spiro atoms. The fourth-order valence-electron chi connectivity index (χ4n) is 3.15. The fourth-order valence-corrected chi connectivity index (χ4v) is 4.81. The first-order chi connectivity index (χ1) is 11.7. The highest BCUT2D eigenvalue weighted by atomic mass is 35.5. The molecule has 2 heterocycles. The zero-order valence-corrected chi connectivity index (χ0v) is 15.2. The predicted octanol–water partition coefficient (Wildman–Crippen LogP) is 2.04. The summed E-state index contributed by atoms with van der Waals surface area (Å²) in [5.41, 5.74) is 0.0557. The Kier molecular flexibility index (Phi) is 6.27. The number of rotatable bonds is 6. The van der Waals surface area contributed by atoms with E-state index in [0.29, 0.717) is 17.3 Å². The zero-order valence-electron chi connectivity index (χ0n) is 13.6. The Morgan fingerprint density at radius 1 is 1.42 bits per heavy atom. The second-order valence-corrected chi connectivity index (χ2v) is 7.69. The van der Waals surface area contributed by atoms with E-state index in [1.807, 2.05) is 11.8 Å². The number of carbonyl (C=O) groups is 1. The van der Waals surface area contributed by atoms with E-state index >= 15 is 0 Å². The van der Waals surface area contributed by atoms with Crippen LogP contribution in [-0.4, -0.2) is 67.3 Å². The van der Waals surface area contributed by atoms with Crippen LogP contribution in [0.25, 0.3) is 0 Å².